The Balaban J connectivity index is 2.57. The van der Waals surface area contributed by atoms with Crippen molar-refractivity contribution in [1.82, 2.24) is 10.2 Å². The van der Waals surface area contributed by atoms with Crippen molar-refractivity contribution >= 4 is 11.9 Å². The Bertz CT molecular complexity index is 306. The maximum Gasteiger partial charge on any atom is 0.317 e. The van der Waals surface area contributed by atoms with Gasteiger partial charge in [-0.05, 0) is 11.8 Å². The fourth-order valence-corrected chi connectivity index (χ4v) is 2.44. The molecule has 0 unspecified atom stereocenters. The number of aliphatic carboxylic acids is 1. The number of nitrogens with one attached hydrogen (secondary N) is 1. The number of likely N-dealkylation sites (tertiary alicyclic amines) is 1. The molecular formula is C12H22N2O4. The van der Waals surface area contributed by atoms with Crippen LogP contribution in [0.15, 0.2) is 0 Å². The van der Waals surface area contributed by atoms with Gasteiger partial charge in [0.25, 0.3) is 0 Å². The molecule has 0 aliphatic carbocycles. The van der Waals surface area contributed by atoms with Gasteiger partial charge in [-0.3, -0.25) is 14.5 Å². The Hall–Kier alpha value is -1.14. The summed E-state index contributed by atoms with van der Waals surface area (Å²) in [5.41, 5.74) is 0. The Morgan fingerprint density at radius 3 is 2.56 bits per heavy atom. The van der Waals surface area contributed by atoms with E-state index < -0.39 is 5.97 Å². The van der Waals surface area contributed by atoms with Gasteiger partial charge in [0.05, 0.1) is 13.2 Å². The molecule has 1 fully saturated rings. The standard InChI is InChI=1S/C12H22N2O4/c1-8(2)9-5-14(7-12(17)18)6-10(9)13-11(16)3-4-15/h8-10,15H,3-7H2,1-2H3,(H,13,16)(H,17,18)/t9-,10+/m0/s1. The second-order valence-corrected chi connectivity index (χ2v) is 5.14. The molecule has 1 rings (SSSR count). The average molecular weight is 258 g/mol. The number of hydrogen-bond donors (Lipinski definition) is 3. The molecule has 0 spiro atoms. The Kier molecular flexibility index (Phi) is 5.55. The Morgan fingerprint density at radius 2 is 2.06 bits per heavy atom. The molecule has 1 aliphatic rings. The maximum absolute atomic E-state index is 11.5. The highest BCUT2D eigenvalue weighted by Gasteiger charge is 2.35. The lowest BCUT2D eigenvalue weighted by Crippen LogP contribution is -2.42. The zero-order chi connectivity index (χ0) is 13.7. The summed E-state index contributed by atoms with van der Waals surface area (Å²) in [5, 5.41) is 20.4. The smallest absolute Gasteiger partial charge is 0.317 e. The minimum Gasteiger partial charge on any atom is -0.480 e. The van der Waals surface area contributed by atoms with Crippen LogP contribution in [-0.2, 0) is 9.59 Å². The molecule has 3 N–H and O–H groups in total. The molecule has 0 aromatic carbocycles. The van der Waals surface area contributed by atoms with E-state index in [1.807, 2.05) is 4.90 Å². The molecule has 2 atom stereocenters. The molecule has 0 saturated carbocycles. The number of carboxylic acid groups (broad SMARTS) is 1. The van der Waals surface area contributed by atoms with Crippen LogP contribution in [0.3, 0.4) is 0 Å². The number of nitrogens with zero attached hydrogens (tertiary/aromatic N) is 1. The number of aliphatic hydroxyl groups is 1. The summed E-state index contributed by atoms with van der Waals surface area (Å²) in [7, 11) is 0. The van der Waals surface area contributed by atoms with E-state index in [1.54, 1.807) is 0 Å². The third kappa shape index (κ3) is 4.27. The van der Waals surface area contributed by atoms with Gasteiger partial charge in [-0.25, -0.2) is 0 Å². The van der Waals surface area contributed by atoms with E-state index in [4.69, 9.17) is 10.2 Å². The molecule has 1 amide bonds. The first-order chi connectivity index (χ1) is 8.43. The molecule has 0 aromatic heterocycles. The Morgan fingerprint density at radius 1 is 1.39 bits per heavy atom. The number of carbonyl (C=O) groups is 2. The summed E-state index contributed by atoms with van der Waals surface area (Å²) in [6, 6.07) is -0.0246. The summed E-state index contributed by atoms with van der Waals surface area (Å²) in [6.45, 7) is 5.24. The van der Waals surface area contributed by atoms with Gasteiger partial charge in [0.2, 0.25) is 5.91 Å². The van der Waals surface area contributed by atoms with Gasteiger partial charge in [-0.1, -0.05) is 13.8 Å². The van der Waals surface area contributed by atoms with Gasteiger partial charge >= 0.3 is 5.97 Å². The molecule has 6 heteroatoms. The van der Waals surface area contributed by atoms with Crippen LogP contribution in [0.1, 0.15) is 20.3 Å². The number of amides is 1. The Labute approximate surface area is 107 Å². The van der Waals surface area contributed by atoms with Crippen molar-refractivity contribution in [1.29, 1.82) is 0 Å². The minimum absolute atomic E-state index is 0.00951. The predicted molar refractivity (Wildman–Crippen MR) is 66.0 cm³/mol. The maximum atomic E-state index is 11.5. The van der Waals surface area contributed by atoms with E-state index in [0.717, 1.165) is 0 Å². The van der Waals surface area contributed by atoms with Crippen molar-refractivity contribution in [2.45, 2.75) is 26.3 Å². The fraction of sp³-hybridized carbons (Fsp3) is 0.833. The van der Waals surface area contributed by atoms with Crippen LogP contribution in [-0.4, -0.2) is 59.3 Å². The monoisotopic (exact) mass is 258 g/mol. The van der Waals surface area contributed by atoms with Gasteiger partial charge in [-0.15, -0.1) is 0 Å². The zero-order valence-electron chi connectivity index (χ0n) is 10.9. The molecule has 0 radical (unpaired) electrons. The van der Waals surface area contributed by atoms with E-state index in [-0.39, 0.29) is 37.4 Å². The van der Waals surface area contributed by atoms with Crippen LogP contribution >= 0.6 is 0 Å². The second kappa shape index (κ2) is 6.70. The van der Waals surface area contributed by atoms with Gasteiger partial charge in [0.15, 0.2) is 0 Å². The van der Waals surface area contributed by atoms with Crippen molar-refractivity contribution in [3.05, 3.63) is 0 Å². The highest BCUT2D eigenvalue weighted by Crippen LogP contribution is 2.24. The molecule has 1 aliphatic heterocycles. The third-order valence-electron chi connectivity index (χ3n) is 3.34. The van der Waals surface area contributed by atoms with Crippen LogP contribution in [0.2, 0.25) is 0 Å². The van der Waals surface area contributed by atoms with Gasteiger partial charge < -0.3 is 15.5 Å². The number of rotatable bonds is 6. The lowest BCUT2D eigenvalue weighted by Gasteiger charge is -2.22. The van der Waals surface area contributed by atoms with E-state index in [1.165, 1.54) is 0 Å². The van der Waals surface area contributed by atoms with E-state index in [0.29, 0.717) is 19.0 Å². The van der Waals surface area contributed by atoms with Gasteiger partial charge in [-0.2, -0.15) is 0 Å². The number of carbonyl (C=O) groups excluding carboxylic acids is 1. The summed E-state index contributed by atoms with van der Waals surface area (Å²) >= 11 is 0. The molecule has 6 nitrogen and oxygen atoms in total. The van der Waals surface area contributed by atoms with E-state index in [9.17, 15) is 9.59 Å². The quantitative estimate of drug-likeness (QED) is 0.599. The van der Waals surface area contributed by atoms with Crippen molar-refractivity contribution in [2.75, 3.05) is 26.2 Å². The lowest BCUT2D eigenvalue weighted by molar-refractivity contribution is -0.138. The molecule has 104 valence electrons. The number of aliphatic hydroxyl groups excluding tert-OH is 1. The number of hydrogen-bond acceptors (Lipinski definition) is 4. The molecule has 1 saturated heterocycles. The van der Waals surface area contributed by atoms with Gasteiger partial charge in [0, 0.05) is 25.6 Å². The van der Waals surface area contributed by atoms with Crippen LogP contribution in [0.4, 0.5) is 0 Å². The summed E-state index contributed by atoms with van der Waals surface area (Å²) in [6.07, 6.45) is 0.0975. The average Bonchev–Trinajstić information content (AvgIpc) is 2.60. The first-order valence-electron chi connectivity index (χ1n) is 6.28. The van der Waals surface area contributed by atoms with Crippen molar-refractivity contribution < 1.29 is 19.8 Å². The minimum atomic E-state index is -0.847. The molecule has 0 bridgehead atoms. The van der Waals surface area contributed by atoms with Crippen LogP contribution < -0.4 is 5.32 Å². The molecule has 1 heterocycles. The molecule has 0 aromatic rings. The second-order valence-electron chi connectivity index (χ2n) is 5.14. The summed E-state index contributed by atoms with van der Waals surface area (Å²) in [5.74, 6) is -0.389. The third-order valence-corrected chi connectivity index (χ3v) is 3.34. The van der Waals surface area contributed by atoms with E-state index in [2.05, 4.69) is 19.2 Å². The van der Waals surface area contributed by atoms with Crippen LogP contribution in [0, 0.1) is 11.8 Å². The first-order valence-corrected chi connectivity index (χ1v) is 6.28. The number of carboxylic acids is 1. The van der Waals surface area contributed by atoms with Gasteiger partial charge in [0.1, 0.15) is 0 Å². The largest absolute Gasteiger partial charge is 0.480 e. The normalized spacial score (nSPS) is 24.4. The zero-order valence-corrected chi connectivity index (χ0v) is 10.9. The topological polar surface area (TPSA) is 89.9 Å². The van der Waals surface area contributed by atoms with Crippen molar-refractivity contribution in [3.8, 4) is 0 Å². The van der Waals surface area contributed by atoms with Crippen molar-refractivity contribution in [3.63, 3.8) is 0 Å². The SMILES string of the molecule is CC(C)[C@@H]1CN(CC(=O)O)C[C@H]1NC(=O)CCO. The fourth-order valence-electron chi connectivity index (χ4n) is 2.44. The summed E-state index contributed by atoms with van der Waals surface area (Å²) < 4.78 is 0. The van der Waals surface area contributed by atoms with Crippen LogP contribution in [0.25, 0.3) is 0 Å². The lowest BCUT2D eigenvalue weighted by atomic mass is 9.91. The molecular weight excluding hydrogens is 236 g/mol. The van der Waals surface area contributed by atoms with Crippen molar-refractivity contribution in [2.24, 2.45) is 11.8 Å². The molecule has 18 heavy (non-hydrogen) atoms. The first kappa shape index (κ1) is 14.9. The van der Waals surface area contributed by atoms with Crippen LogP contribution in [0.5, 0.6) is 0 Å². The predicted octanol–water partition coefficient (Wildman–Crippen LogP) is -0.474. The highest BCUT2D eigenvalue weighted by molar-refractivity contribution is 5.76. The summed E-state index contributed by atoms with van der Waals surface area (Å²) in [4.78, 5) is 24.0. The highest BCUT2D eigenvalue weighted by atomic mass is 16.4. The van der Waals surface area contributed by atoms with E-state index >= 15 is 0 Å².